The minimum Gasteiger partial charge on any atom is -0.325 e. The Bertz CT molecular complexity index is 921. The molecule has 4 rings (SSSR count). The standard InChI is InChI=1S/C19H20N2O5S/c1-2-27(25,26)14-7-5-13(6-8-14)20-15(22)10-21-18(23)16-11-3-4-12(9-11)17(16)19(21)24/h3-8,11-12,16-17H,2,9-10H2,1H3,(H,20,22). The van der Waals surface area contributed by atoms with E-state index in [9.17, 15) is 22.8 Å². The molecule has 4 atom stereocenters. The number of likely N-dealkylation sites (tertiary alicyclic amines) is 1. The van der Waals surface area contributed by atoms with Gasteiger partial charge >= 0.3 is 0 Å². The number of hydrogen-bond donors (Lipinski definition) is 1. The summed E-state index contributed by atoms with van der Waals surface area (Å²) in [5, 5.41) is 2.61. The van der Waals surface area contributed by atoms with Crippen molar-refractivity contribution in [3.63, 3.8) is 0 Å². The number of amides is 3. The molecule has 142 valence electrons. The van der Waals surface area contributed by atoms with Crippen LogP contribution in [0.15, 0.2) is 41.3 Å². The van der Waals surface area contributed by atoms with Gasteiger partial charge in [-0.3, -0.25) is 19.3 Å². The van der Waals surface area contributed by atoms with Gasteiger partial charge in [-0.25, -0.2) is 8.42 Å². The van der Waals surface area contributed by atoms with Crippen molar-refractivity contribution in [3.05, 3.63) is 36.4 Å². The van der Waals surface area contributed by atoms with Crippen molar-refractivity contribution in [1.29, 1.82) is 0 Å². The Morgan fingerprint density at radius 1 is 1.07 bits per heavy atom. The number of anilines is 1. The van der Waals surface area contributed by atoms with Gasteiger partial charge in [0, 0.05) is 5.69 Å². The van der Waals surface area contributed by atoms with Crippen LogP contribution in [0, 0.1) is 23.7 Å². The molecular weight excluding hydrogens is 368 g/mol. The van der Waals surface area contributed by atoms with Crippen LogP contribution in [0.2, 0.25) is 0 Å². The van der Waals surface area contributed by atoms with Crippen LogP contribution in [-0.4, -0.2) is 43.3 Å². The van der Waals surface area contributed by atoms with E-state index < -0.39 is 15.7 Å². The predicted molar refractivity (Wildman–Crippen MR) is 97.2 cm³/mol. The number of carbonyl (C=O) groups excluding carboxylic acids is 3. The van der Waals surface area contributed by atoms with E-state index in [1.165, 1.54) is 24.3 Å². The fourth-order valence-corrected chi connectivity index (χ4v) is 5.26. The van der Waals surface area contributed by atoms with Crippen molar-refractivity contribution < 1.29 is 22.8 Å². The van der Waals surface area contributed by atoms with Gasteiger partial charge in [0.05, 0.1) is 22.5 Å². The molecule has 27 heavy (non-hydrogen) atoms. The lowest BCUT2D eigenvalue weighted by Crippen LogP contribution is -2.39. The molecule has 0 radical (unpaired) electrons. The predicted octanol–water partition coefficient (Wildman–Crippen LogP) is 1.23. The van der Waals surface area contributed by atoms with E-state index in [0.29, 0.717) is 5.69 Å². The fourth-order valence-electron chi connectivity index (χ4n) is 4.38. The summed E-state index contributed by atoms with van der Waals surface area (Å²) in [6.07, 6.45) is 4.86. The summed E-state index contributed by atoms with van der Waals surface area (Å²) in [6, 6.07) is 5.84. The number of carbonyl (C=O) groups is 3. The first-order chi connectivity index (χ1) is 12.8. The third-order valence-corrected chi connectivity index (χ3v) is 7.49. The number of hydrogen-bond acceptors (Lipinski definition) is 5. The van der Waals surface area contributed by atoms with Gasteiger partial charge in [-0.15, -0.1) is 0 Å². The molecule has 1 aromatic carbocycles. The summed E-state index contributed by atoms with van der Waals surface area (Å²) in [7, 11) is -3.31. The third kappa shape index (κ3) is 2.88. The molecule has 1 aliphatic heterocycles. The van der Waals surface area contributed by atoms with E-state index in [2.05, 4.69) is 5.32 Å². The molecule has 2 bridgehead atoms. The molecule has 1 saturated carbocycles. The van der Waals surface area contributed by atoms with Gasteiger partial charge < -0.3 is 5.32 Å². The van der Waals surface area contributed by atoms with Gasteiger partial charge in [0.1, 0.15) is 6.54 Å². The molecule has 8 heteroatoms. The molecule has 0 aromatic heterocycles. The van der Waals surface area contributed by atoms with Crippen LogP contribution in [0.1, 0.15) is 13.3 Å². The van der Waals surface area contributed by atoms with Crippen LogP contribution < -0.4 is 5.32 Å². The van der Waals surface area contributed by atoms with Crippen LogP contribution in [-0.2, 0) is 24.2 Å². The van der Waals surface area contributed by atoms with Crippen LogP contribution in [0.3, 0.4) is 0 Å². The number of nitrogens with one attached hydrogen (secondary N) is 1. The van der Waals surface area contributed by atoms with Crippen LogP contribution >= 0.6 is 0 Å². The zero-order valence-electron chi connectivity index (χ0n) is 14.8. The Labute approximate surface area is 157 Å². The van der Waals surface area contributed by atoms with E-state index >= 15 is 0 Å². The van der Waals surface area contributed by atoms with Crippen molar-refractivity contribution in [2.24, 2.45) is 23.7 Å². The van der Waals surface area contributed by atoms with Crippen molar-refractivity contribution in [3.8, 4) is 0 Å². The second-order valence-electron chi connectivity index (χ2n) is 7.24. The topological polar surface area (TPSA) is 101 Å². The third-order valence-electron chi connectivity index (χ3n) is 5.74. The summed E-state index contributed by atoms with van der Waals surface area (Å²) >= 11 is 0. The minimum atomic E-state index is -3.31. The van der Waals surface area contributed by atoms with E-state index in [0.717, 1.165) is 11.3 Å². The molecule has 2 fully saturated rings. The number of nitrogens with zero attached hydrogens (tertiary/aromatic N) is 1. The molecule has 3 aliphatic rings. The first-order valence-electron chi connectivity index (χ1n) is 8.98. The van der Waals surface area contributed by atoms with Gasteiger partial charge in [-0.05, 0) is 42.5 Å². The average Bonchev–Trinajstić information content (AvgIpc) is 3.32. The summed E-state index contributed by atoms with van der Waals surface area (Å²) in [6.45, 7) is 1.24. The fraction of sp³-hybridized carbons (Fsp3) is 0.421. The summed E-state index contributed by atoms with van der Waals surface area (Å²) < 4.78 is 23.6. The number of allylic oxidation sites excluding steroid dienone is 2. The molecule has 1 saturated heterocycles. The lowest BCUT2D eigenvalue weighted by Gasteiger charge is -2.16. The summed E-state index contributed by atoms with van der Waals surface area (Å²) in [4.78, 5) is 38.7. The highest BCUT2D eigenvalue weighted by atomic mass is 32.2. The Hall–Kier alpha value is -2.48. The van der Waals surface area contributed by atoms with Gasteiger partial charge in [-0.1, -0.05) is 19.1 Å². The smallest absolute Gasteiger partial charge is 0.244 e. The number of imide groups is 1. The van der Waals surface area contributed by atoms with Gasteiger partial charge in [0.25, 0.3) is 0 Å². The van der Waals surface area contributed by atoms with Gasteiger partial charge in [-0.2, -0.15) is 0 Å². The van der Waals surface area contributed by atoms with Crippen LogP contribution in [0.25, 0.3) is 0 Å². The van der Waals surface area contributed by atoms with Crippen molar-refractivity contribution >= 4 is 33.2 Å². The van der Waals surface area contributed by atoms with E-state index in [-0.39, 0.29) is 52.7 Å². The second-order valence-corrected chi connectivity index (χ2v) is 9.52. The highest BCUT2D eigenvalue weighted by molar-refractivity contribution is 7.91. The Morgan fingerprint density at radius 2 is 1.63 bits per heavy atom. The molecule has 3 amide bonds. The van der Waals surface area contributed by atoms with E-state index in [1.807, 2.05) is 12.2 Å². The number of fused-ring (bicyclic) bond motifs is 5. The lowest BCUT2D eigenvalue weighted by atomic mass is 9.85. The maximum Gasteiger partial charge on any atom is 0.244 e. The summed E-state index contributed by atoms with van der Waals surface area (Å²) in [5.74, 6) is -1.43. The lowest BCUT2D eigenvalue weighted by molar-refractivity contribution is -0.143. The van der Waals surface area contributed by atoms with Crippen molar-refractivity contribution in [1.82, 2.24) is 4.90 Å². The number of rotatable bonds is 5. The highest BCUT2D eigenvalue weighted by Crippen LogP contribution is 2.52. The molecule has 1 heterocycles. The molecule has 1 aromatic rings. The maximum atomic E-state index is 12.6. The second kappa shape index (κ2) is 6.30. The SMILES string of the molecule is CCS(=O)(=O)c1ccc(NC(=O)CN2C(=O)C3C4C=CC(C4)C3C2=O)cc1. The zero-order valence-corrected chi connectivity index (χ0v) is 15.6. The molecule has 7 nitrogen and oxygen atoms in total. The maximum absolute atomic E-state index is 12.6. The number of sulfone groups is 1. The minimum absolute atomic E-state index is 0.00291. The van der Waals surface area contributed by atoms with Crippen molar-refractivity contribution in [2.45, 2.75) is 18.2 Å². The van der Waals surface area contributed by atoms with E-state index in [1.54, 1.807) is 6.92 Å². The molecule has 2 aliphatic carbocycles. The first kappa shape index (κ1) is 17.9. The zero-order chi connectivity index (χ0) is 19.3. The molecule has 1 N–H and O–H groups in total. The van der Waals surface area contributed by atoms with Crippen molar-refractivity contribution in [2.75, 3.05) is 17.6 Å². The summed E-state index contributed by atoms with van der Waals surface area (Å²) in [5.41, 5.74) is 0.413. The molecular formula is C19H20N2O5S. The van der Waals surface area contributed by atoms with Gasteiger partial charge in [0.2, 0.25) is 17.7 Å². The Kier molecular flexibility index (Phi) is 4.18. The molecule has 0 spiro atoms. The highest BCUT2D eigenvalue weighted by Gasteiger charge is 2.59. The Morgan fingerprint density at radius 3 is 2.15 bits per heavy atom. The number of benzene rings is 1. The normalized spacial score (nSPS) is 28.7. The quantitative estimate of drug-likeness (QED) is 0.604. The van der Waals surface area contributed by atoms with E-state index in [4.69, 9.17) is 0 Å². The first-order valence-corrected chi connectivity index (χ1v) is 10.6. The largest absolute Gasteiger partial charge is 0.325 e. The monoisotopic (exact) mass is 388 g/mol. The Balaban J connectivity index is 1.42. The van der Waals surface area contributed by atoms with Crippen LogP contribution in [0.5, 0.6) is 0 Å². The van der Waals surface area contributed by atoms with Crippen LogP contribution in [0.4, 0.5) is 5.69 Å². The average molecular weight is 388 g/mol. The van der Waals surface area contributed by atoms with Gasteiger partial charge in [0.15, 0.2) is 9.84 Å². The molecule has 4 unspecified atom stereocenters.